The molecular weight excluding hydrogens is 310 g/mol. The van der Waals surface area contributed by atoms with Crippen molar-refractivity contribution >= 4 is 40.8 Å². The summed E-state index contributed by atoms with van der Waals surface area (Å²) in [5.74, 6) is 0.944. The average molecular weight is 325 g/mol. The van der Waals surface area contributed by atoms with Crippen molar-refractivity contribution < 1.29 is 4.79 Å². The molecule has 0 saturated carbocycles. The molecule has 2 N–H and O–H groups in total. The predicted molar refractivity (Wildman–Crippen MR) is 85.3 cm³/mol. The van der Waals surface area contributed by atoms with Gasteiger partial charge >= 0.3 is 0 Å². The first-order chi connectivity index (χ1) is 9.74. The van der Waals surface area contributed by atoms with Gasteiger partial charge in [-0.15, -0.1) is 10.2 Å². The van der Waals surface area contributed by atoms with Gasteiger partial charge in [0, 0.05) is 5.75 Å². The van der Waals surface area contributed by atoms with Crippen molar-refractivity contribution in [1.29, 1.82) is 0 Å². The number of carbonyl (C=O) groups is 1. The van der Waals surface area contributed by atoms with Crippen molar-refractivity contribution in [3.05, 3.63) is 35.9 Å². The number of rotatable bonds is 8. The molecule has 7 heteroatoms. The fourth-order valence-corrected chi connectivity index (χ4v) is 4.30. The minimum Gasteiger partial charge on any atom is -0.369 e. The van der Waals surface area contributed by atoms with Gasteiger partial charge in [-0.05, 0) is 18.4 Å². The zero-order chi connectivity index (χ0) is 14.2. The third-order valence-corrected chi connectivity index (χ3v) is 5.70. The maximum atomic E-state index is 10.7. The van der Waals surface area contributed by atoms with Crippen LogP contribution in [0, 0.1) is 0 Å². The molecule has 0 bridgehead atoms. The summed E-state index contributed by atoms with van der Waals surface area (Å²) in [4.78, 5) is 10.7. The van der Waals surface area contributed by atoms with E-state index >= 15 is 0 Å². The van der Waals surface area contributed by atoms with Gasteiger partial charge in [-0.3, -0.25) is 4.79 Å². The highest BCUT2D eigenvalue weighted by Gasteiger charge is 2.06. The molecule has 0 saturated heterocycles. The number of benzene rings is 1. The maximum Gasteiger partial charge on any atom is 0.227 e. The predicted octanol–water partition coefficient (Wildman–Crippen LogP) is 2.84. The number of carbonyl (C=O) groups excluding carboxylic acids is 1. The third kappa shape index (κ3) is 5.52. The van der Waals surface area contributed by atoms with Gasteiger partial charge in [0.05, 0.1) is 5.75 Å². The number of nitrogens with two attached hydrogens (primary N) is 1. The van der Waals surface area contributed by atoms with Crippen LogP contribution in [0.25, 0.3) is 0 Å². The Balaban J connectivity index is 1.68. The van der Waals surface area contributed by atoms with E-state index in [1.165, 1.54) is 28.7 Å². The SMILES string of the molecule is NC(=O)CSc1nnc(SCCCc2ccccc2)s1. The molecule has 0 aliphatic rings. The summed E-state index contributed by atoms with van der Waals surface area (Å²) in [5, 5.41) is 8.13. The molecule has 0 aliphatic carbocycles. The van der Waals surface area contributed by atoms with E-state index in [9.17, 15) is 4.79 Å². The van der Waals surface area contributed by atoms with Crippen LogP contribution in [0.3, 0.4) is 0 Å². The average Bonchev–Trinajstić information content (AvgIpc) is 2.90. The van der Waals surface area contributed by atoms with Gasteiger partial charge in [-0.2, -0.15) is 0 Å². The van der Waals surface area contributed by atoms with E-state index in [0.717, 1.165) is 27.3 Å². The van der Waals surface area contributed by atoms with E-state index in [4.69, 9.17) is 5.73 Å². The summed E-state index contributed by atoms with van der Waals surface area (Å²) in [5.41, 5.74) is 6.46. The molecule has 0 radical (unpaired) electrons. The number of hydrogen-bond acceptors (Lipinski definition) is 6. The first-order valence-electron chi connectivity index (χ1n) is 6.15. The summed E-state index contributed by atoms with van der Waals surface area (Å²) >= 11 is 4.57. The second kappa shape index (κ2) is 8.28. The molecule has 0 atom stereocenters. The van der Waals surface area contributed by atoms with Gasteiger partial charge in [0.2, 0.25) is 5.91 Å². The molecule has 0 unspecified atom stereocenters. The molecule has 1 heterocycles. The summed E-state index contributed by atoms with van der Waals surface area (Å²) in [6, 6.07) is 10.5. The van der Waals surface area contributed by atoms with Gasteiger partial charge in [0.1, 0.15) is 0 Å². The normalized spacial score (nSPS) is 10.6. The lowest BCUT2D eigenvalue weighted by Gasteiger charge is -1.99. The molecular formula is C13H15N3OS3. The summed E-state index contributed by atoms with van der Waals surface area (Å²) in [6.07, 6.45) is 2.19. The largest absolute Gasteiger partial charge is 0.369 e. The highest BCUT2D eigenvalue weighted by Crippen LogP contribution is 2.29. The molecule has 2 aromatic rings. The third-order valence-electron chi connectivity index (χ3n) is 2.40. The molecule has 1 amide bonds. The van der Waals surface area contributed by atoms with Gasteiger partial charge < -0.3 is 5.73 Å². The first-order valence-corrected chi connectivity index (χ1v) is 8.94. The Morgan fingerprint density at radius 2 is 1.85 bits per heavy atom. The second-order valence-electron chi connectivity index (χ2n) is 4.03. The van der Waals surface area contributed by atoms with E-state index in [-0.39, 0.29) is 11.7 Å². The van der Waals surface area contributed by atoms with Crippen molar-refractivity contribution in [2.24, 2.45) is 5.73 Å². The lowest BCUT2D eigenvalue weighted by atomic mass is 10.1. The Bertz CT molecular complexity index is 545. The number of amides is 1. The van der Waals surface area contributed by atoms with Gasteiger partial charge in [0.15, 0.2) is 8.68 Å². The number of aromatic nitrogens is 2. The van der Waals surface area contributed by atoms with Crippen LogP contribution in [-0.2, 0) is 11.2 Å². The molecule has 1 aromatic carbocycles. The van der Waals surface area contributed by atoms with Gasteiger partial charge in [0.25, 0.3) is 0 Å². The fraction of sp³-hybridized carbons (Fsp3) is 0.308. The minimum absolute atomic E-state index is 0.257. The van der Waals surface area contributed by atoms with Crippen molar-refractivity contribution in [2.45, 2.75) is 21.5 Å². The number of aryl methyl sites for hydroxylation is 1. The Kier molecular flexibility index (Phi) is 6.35. The standard InChI is InChI=1S/C13H15N3OS3/c14-11(17)9-19-13-16-15-12(20-13)18-8-4-7-10-5-2-1-3-6-10/h1-3,5-6H,4,7-9H2,(H2,14,17). The van der Waals surface area contributed by atoms with Crippen molar-refractivity contribution in [1.82, 2.24) is 10.2 Å². The van der Waals surface area contributed by atoms with Crippen LogP contribution >= 0.6 is 34.9 Å². The van der Waals surface area contributed by atoms with Crippen LogP contribution in [0.2, 0.25) is 0 Å². The molecule has 2 rings (SSSR count). The molecule has 20 heavy (non-hydrogen) atoms. The van der Waals surface area contributed by atoms with Crippen molar-refractivity contribution in [3.8, 4) is 0 Å². The van der Waals surface area contributed by atoms with Crippen LogP contribution in [0.5, 0.6) is 0 Å². The Morgan fingerprint density at radius 3 is 2.55 bits per heavy atom. The number of hydrogen-bond donors (Lipinski definition) is 1. The fourth-order valence-electron chi connectivity index (χ4n) is 1.53. The van der Waals surface area contributed by atoms with Gasteiger partial charge in [-0.25, -0.2) is 0 Å². The second-order valence-corrected chi connectivity index (χ2v) is 7.57. The quantitative estimate of drug-likeness (QED) is 0.597. The summed E-state index contributed by atoms with van der Waals surface area (Å²) < 4.78 is 1.75. The highest BCUT2D eigenvalue weighted by atomic mass is 32.2. The maximum absolute atomic E-state index is 10.7. The monoisotopic (exact) mass is 325 g/mol. The van der Waals surface area contributed by atoms with Crippen LogP contribution < -0.4 is 5.73 Å². The topological polar surface area (TPSA) is 68.9 Å². The summed E-state index contributed by atoms with van der Waals surface area (Å²) in [7, 11) is 0. The van der Waals surface area contributed by atoms with E-state index in [2.05, 4.69) is 34.5 Å². The Morgan fingerprint density at radius 1 is 1.15 bits per heavy atom. The van der Waals surface area contributed by atoms with E-state index in [1.807, 2.05) is 6.07 Å². The van der Waals surface area contributed by atoms with Crippen molar-refractivity contribution in [3.63, 3.8) is 0 Å². The molecule has 4 nitrogen and oxygen atoms in total. The van der Waals surface area contributed by atoms with Crippen molar-refractivity contribution in [2.75, 3.05) is 11.5 Å². The summed E-state index contributed by atoms with van der Waals surface area (Å²) in [6.45, 7) is 0. The molecule has 0 spiro atoms. The van der Waals surface area contributed by atoms with Crippen LogP contribution in [0.15, 0.2) is 39.0 Å². The molecule has 1 aromatic heterocycles. The lowest BCUT2D eigenvalue weighted by molar-refractivity contribution is -0.115. The van der Waals surface area contributed by atoms with Crippen LogP contribution in [0.1, 0.15) is 12.0 Å². The zero-order valence-corrected chi connectivity index (χ0v) is 13.3. The lowest BCUT2D eigenvalue weighted by Crippen LogP contribution is -2.12. The number of primary amides is 1. The number of nitrogens with zero attached hydrogens (tertiary/aromatic N) is 2. The van der Waals surface area contributed by atoms with E-state index in [0.29, 0.717) is 0 Å². The first kappa shape index (κ1) is 15.3. The van der Waals surface area contributed by atoms with E-state index in [1.54, 1.807) is 11.8 Å². The Hall–Kier alpha value is -1.05. The smallest absolute Gasteiger partial charge is 0.227 e. The molecule has 0 aliphatic heterocycles. The zero-order valence-electron chi connectivity index (χ0n) is 10.8. The highest BCUT2D eigenvalue weighted by molar-refractivity contribution is 8.03. The minimum atomic E-state index is -0.331. The van der Waals surface area contributed by atoms with Crippen LogP contribution in [0.4, 0.5) is 0 Å². The van der Waals surface area contributed by atoms with E-state index < -0.39 is 0 Å². The van der Waals surface area contributed by atoms with Gasteiger partial charge in [-0.1, -0.05) is 65.2 Å². The Labute approximate surface area is 130 Å². The molecule has 0 fully saturated rings. The van der Waals surface area contributed by atoms with Crippen LogP contribution in [-0.4, -0.2) is 27.6 Å². The molecule has 106 valence electrons. The number of thioether (sulfide) groups is 2.